The summed E-state index contributed by atoms with van der Waals surface area (Å²) in [5.74, 6) is 0.629. The SMILES string of the molecule is CCC(C)c1ccc(CNc2c(C)cccc2N)cc1. The molecule has 0 saturated carbocycles. The third-order valence-electron chi connectivity index (χ3n) is 3.94. The zero-order valence-corrected chi connectivity index (χ0v) is 12.6. The lowest BCUT2D eigenvalue weighted by molar-refractivity contribution is 0.733. The number of nitrogens with two attached hydrogens (primary N) is 1. The number of para-hydroxylation sites is 1. The standard InChI is InChI=1S/C18H24N2/c1-4-13(2)16-10-8-15(9-11-16)12-20-18-14(3)6-5-7-17(18)19/h5-11,13,20H,4,12,19H2,1-3H3. The Balaban J connectivity index is 2.04. The van der Waals surface area contributed by atoms with E-state index in [1.807, 2.05) is 12.1 Å². The van der Waals surface area contributed by atoms with Gasteiger partial charge in [0, 0.05) is 6.54 Å². The highest BCUT2D eigenvalue weighted by Crippen LogP contribution is 2.24. The summed E-state index contributed by atoms with van der Waals surface area (Å²) in [6, 6.07) is 14.8. The Morgan fingerprint density at radius 2 is 1.80 bits per heavy atom. The van der Waals surface area contributed by atoms with Crippen molar-refractivity contribution < 1.29 is 0 Å². The van der Waals surface area contributed by atoms with Crippen LogP contribution in [0.1, 0.15) is 42.9 Å². The van der Waals surface area contributed by atoms with Crippen LogP contribution in [0, 0.1) is 6.92 Å². The molecular weight excluding hydrogens is 244 g/mol. The first kappa shape index (κ1) is 14.4. The Hall–Kier alpha value is -1.96. The van der Waals surface area contributed by atoms with E-state index in [4.69, 9.17) is 5.73 Å². The van der Waals surface area contributed by atoms with Crippen LogP contribution in [0.25, 0.3) is 0 Å². The second-order valence-electron chi connectivity index (χ2n) is 5.44. The van der Waals surface area contributed by atoms with Gasteiger partial charge in [-0.05, 0) is 42.0 Å². The fourth-order valence-corrected chi connectivity index (χ4v) is 2.32. The van der Waals surface area contributed by atoms with Gasteiger partial charge < -0.3 is 11.1 Å². The quantitative estimate of drug-likeness (QED) is 0.771. The van der Waals surface area contributed by atoms with Gasteiger partial charge in [0.05, 0.1) is 11.4 Å². The van der Waals surface area contributed by atoms with Crippen molar-refractivity contribution in [2.75, 3.05) is 11.1 Å². The molecule has 2 aromatic rings. The number of hydrogen-bond acceptors (Lipinski definition) is 2. The van der Waals surface area contributed by atoms with Crippen molar-refractivity contribution in [3.05, 3.63) is 59.2 Å². The van der Waals surface area contributed by atoms with E-state index >= 15 is 0 Å². The van der Waals surface area contributed by atoms with E-state index < -0.39 is 0 Å². The van der Waals surface area contributed by atoms with Gasteiger partial charge in [0.1, 0.15) is 0 Å². The number of aryl methyl sites for hydroxylation is 1. The number of benzene rings is 2. The first-order valence-electron chi connectivity index (χ1n) is 7.29. The molecule has 3 N–H and O–H groups in total. The molecule has 0 amide bonds. The topological polar surface area (TPSA) is 38.0 Å². The minimum absolute atomic E-state index is 0.629. The molecule has 0 bridgehead atoms. The first-order chi connectivity index (χ1) is 9.61. The van der Waals surface area contributed by atoms with Gasteiger partial charge >= 0.3 is 0 Å². The Bertz CT molecular complexity index is 538. The van der Waals surface area contributed by atoms with Crippen molar-refractivity contribution in [1.29, 1.82) is 0 Å². The van der Waals surface area contributed by atoms with Crippen molar-refractivity contribution >= 4 is 11.4 Å². The van der Waals surface area contributed by atoms with Crippen LogP contribution in [0.3, 0.4) is 0 Å². The summed E-state index contributed by atoms with van der Waals surface area (Å²) in [6.45, 7) is 7.36. The lowest BCUT2D eigenvalue weighted by Gasteiger charge is -2.13. The van der Waals surface area contributed by atoms with Gasteiger partial charge in [-0.3, -0.25) is 0 Å². The van der Waals surface area contributed by atoms with Crippen molar-refractivity contribution in [1.82, 2.24) is 0 Å². The first-order valence-corrected chi connectivity index (χ1v) is 7.29. The normalized spacial score (nSPS) is 12.2. The molecule has 0 heterocycles. The molecule has 2 rings (SSSR count). The largest absolute Gasteiger partial charge is 0.397 e. The third-order valence-corrected chi connectivity index (χ3v) is 3.94. The molecule has 0 aliphatic heterocycles. The van der Waals surface area contributed by atoms with Crippen LogP contribution in [0.2, 0.25) is 0 Å². The molecular formula is C18H24N2. The average Bonchev–Trinajstić information content (AvgIpc) is 2.46. The van der Waals surface area contributed by atoms with Crippen LogP contribution in [-0.4, -0.2) is 0 Å². The minimum atomic E-state index is 0.629. The predicted molar refractivity (Wildman–Crippen MR) is 88.1 cm³/mol. The van der Waals surface area contributed by atoms with Gasteiger partial charge in [-0.25, -0.2) is 0 Å². The molecule has 1 atom stereocenters. The lowest BCUT2D eigenvalue weighted by atomic mass is 9.97. The van der Waals surface area contributed by atoms with E-state index in [1.54, 1.807) is 0 Å². The summed E-state index contributed by atoms with van der Waals surface area (Å²) >= 11 is 0. The summed E-state index contributed by atoms with van der Waals surface area (Å²) in [7, 11) is 0. The highest BCUT2D eigenvalue weighted by molar-refractivity contribution is 5.69. The fraction of sp³-hybridized carbons (Fsp3) is 0.333. The van der Waals surface area contributed by atoms with E-state index in [0.717, 1.165) is 17.9 Å². The molecule has 2 aromatic carbocycles. The van der Waals surface area contributed by atoms with Crippen LogP contribution in [0.4, 0.5) is 11.4 Å². The number of rotatable bonds is 5. The van der Waals surface area contributed by atoms with E-state index in [1.165, 1.54) is 23.1 Å². The van der Waals surface area contributed by atoms with Crippen LogP contribution < -0.4 is 11.1 Å². The molecule has 0 aliphatic carbocycles. The molecule has 2 heteroatoms. The summed E-state index contributed by atoms with van der Waals surface area (Å²) in [5.41, 5.74) is 11.7. The average molecular weight is 268 g/mol. The molecule has 0 aromatic heterocycles. The molecule has 0 aliphatic rings. The molecule has 20 heavy (non-hydrogen) atoms. The Kier molecular flexibility index (Phi) is 4.67. The zero-order chi connectivity index (χ0) is 14.5. The molecule has 0 radical (unpaired) electrons. The predicted octanol–water partition coefficient (Wildman–Crippen LogP) is 4.70. The molecule has 0 fully saturated rings. The monoisotopic (exact) mass is 268 g/mol. The van der Waals surface area contributed by atoms with Gasteiger partial charge in [-0.1, -0.05) is 50.2 Å². The maximum atomic E-state index is 6.00. The molecule has 0 saturated heterocycles. The number of nitrogens with one attached hydrogen (secondary N) is 1. The Labute approximate surface area is 122 Å². The van der Waals surface area contributed by atoms with Gasteiger partial charge in [-0.15, -0.1) is 0 Å². The summed E-state index contributed by atoms with van der Waals surface area (Å²) < 4.78 is 0. The van der Waals surface area contributed by atoms with Gasteiger partial charge in [0.2, 0.25) is 0 Å². The molecule has 106 valence electrons. The van der Waals surface area contributed by atoms with Crippen molar-refractivity contribution in [2.24, 2.45) is 0 Å². The van der Waals surface area contributed by atoms with E-state index in [2.05, 4.69) is 56.4 Å². The zero-order valence-electron chi connectivity index (χ0n) is 12.6. The van der Waals surface area contributed by atoms with Crippen molar-refractivity contribution in [3.8, 4) is 0 Å². The van der Waals surface area contributed by atoms with Gasteiger partial charge in [0.15, 0.2) is 0 Å². The lowest BCUT2D eigenvalue weighted by Crippen LogP contribution is -2.04. The maximum absolute atomic E-state index is 6.00. The Morgan fingerprint density at radius 1 is 1.10 bits per heavy atom. The van der Waals surface area contributed by atoms with Crippen LogP contribution in [-0.2, 0) is 6.54 Å². The molecule has 2 nitrogen and oxygen atoms in total. The number of nitrogen functional groups attached to an aromatic ring is 1. The second-order valence-corrected chi connectivity index (χ2v) is 5.44. The fourth-order valence-electron chi connectivity index (χ4n) is 2.32. The second kappa shape index (κ2) is 6.47. The highest BCUT2D eigenvalue weighted by atomic mass is 14.9. The summed E-state index contributed by atoms with van der Waals surface area (Å²) in [4.78, 5) is 0. The molecule has 0 spiro atoms. The number of hydrogen-bond donors (Lipinski definition) is 2. The van der Waals surface area contributed by atoms with Crippen molar-refractivity contribution in [2.45, 2.75) is 39.7 Å². The van der Waals surface area contributed by atoms with Gasteiger partial charge in [-0.2, -0.15) is 0 Å². The van der Waals surface area contributed by atoms with Crippen LogP contribution >= 0.6 is 0 Å². The summed E-state index contributed by atoms with van der Waals surface area (Å²) in [5, 5.41) is 3.44. The van der Waals surface area contributed by atoms with E-state index in [9.17, 15) is 0 Å². The van der Waals surface area contributed by atoms with E-state index in [-0.39, 0.29) is 0 Å². The van der Waals surface area contributed by atoms with Crippen molar-refractivity contribution in [3.63, 3.8) is 0 Å². The Morgan fingerprint density at radius 3 is 2.40 bits per heavy atom. The highest BCUT2D eigenvalue weighted by Gasteiger charge is 2.04. The minimum Gasteiger partial charge on any atom is -0.397 e. The van der Waals surface area contributed by atoms with E-state index in [0.29, 0.717) is 5.92 Å². The van der Waals surface area contributed by atoms with Crippen LogP contribution in [0.15, 0.2) is 42.5 Å². The number of anilines is 2. The molecule has 1 unspecified atom stereocenters. The third kappa shape index (κ3) is 3.32. The van der Waals surface area contributed by atoms with Gasteiger partial charge in [0.25, 0.3) is 0 Å². The smallest absolute Gasteiger partial charge is 0.0606 e. The maximum Gasteiger partial charge on any atom is 0.0606 e. The van der Waals surface area contributed by atoms with Crippen LogP contribution in [0.5, 0.6) is 0 Å². The summed E-state index contributed by atoms with van der Waals surface area (Å²) in [6.07, 6.45) is 1.18.